The molecule has 2 amide bonds. The van der Waals surface area contributed by atoms with Gasteiger partial charge in [-0.25, -0.2) is 8.78 Å². The molecule has 0 fully saturated rings. The van der Waals surface area contributed by atoms with Crippen LogP contribution in [0.5, 0.6) is 0 Å². The third-order valence-electron chi connectivity index (χ3n) is 3.28. The predicted molar refractivity (Wildman–Crippen MR) is 86.6 cm³/mol. The standard InChI is InChI=1S/C16H13BrF2N2O2/c1-20-15(22)11-6-4-10(8-14(11)19)21(2)16(23)12-5-3-9(17)7-13(12)18/h3-8H,1-2H3,(H,20,22). The maximum Gasteiger partial charge on any atom is 0.260 e. The van der Waals surface area contributed by atoms with E-state index in [1.807, 2.05) is 0 Å². The van der Waals surface area contributed by atoms with Crippen molar-refractivity contribution >= 4 is 33.4 Å². The molecular weight excluding hydrogens is 370 g/mol. The van der Waals surface area contributed by atoms with E-state index in [1.54, 1.807) is 6.07 Å². The lowest BCUT2D eigenvalue weighted by Gasteiger charge is -2.18. The summed E-state index contributed by atoms with van der Waals surface area (Å²) >= 11 is 3.11. The topological polar surface area (TPSA) is 49.4 Å². The van der Waals surface area contributed by atoms with Crippen LogP contribution in [0.4, 0.5) is 14.5 Å². The summed E-state index contributed by atoms with van der Waals surface area (Å²) in [6, 6.07) is 7.80. The maximum atomic E-state index is 14.0. The molecule has 0 saturated carbocycles. The quantitative estimate of drug-likeness (QED) is 0.884. The fraction of sp³-hybridized carbons (Fsp3) is 0.125. The molecule has 0 radical (unpaired) electrons. The van der Waals surface area contributed by atoms with Crippen molar-refractivity contribution in [2.24, 2.45) is 0 Å². The molecular formula is C16H13BrF2N2O2. The van der Waals surface area contributed by atoms with Gasteiger partial charge < -0.3 is 10.2 Å². The summed E-state index contributed by atoms with van der Waals surface area (Å²) in [6.45, 7) is 0. The Bertz CT molecular complexity index is 781. The van der Waals surface area contributed by atoms with Gasteiger partial charge in [0.25, 0.3) is 11.8 Å². The number of hydrogen-bond acceptors (Lipinski definition) is 2. The third kappa shape index (κ3) is 3.56. The molecule has 2 rings (SSSR count). The second kappa shape index (κ2) is 6.87. The molecule has 0 heterocycles. The molecule has 2 aromatic rings. The Morgan fingerprint density at radius 3 is 2.22 bits per heavy atom. The highest BCUT2D eigenvalue weighted by molar-refractivity contribution is 9.10. The van der Waals surface area contributed by atoms with Gasteiger partial charge in [-0.3, -0.25) is 9.59 Å². The summed E-state index contributed by atoms with van der Waals surface area (Å²) in [6.07, 6.45) is 0. The lowest BCUT2D eigenvalue weighted by atomic mass is 10.1. The van der Waals surface area contributed by atoms with Crippen LogP contribution in [0.1, 0.15) is 20.7 Å². The van der Waals surface area contributed by atoms with Crippen molar-refractivity contribution in [3.63, 3.8) is 0 Å². The number of benzene rings is 2. The van der Waals surface area contributed by atoms with Crippen LogP contribution in [-0.4, -0.2) is 25.9 Å². The van der Waals surface area contributed by atoms with Crippen LogP contribution in [0.25, 0.3) is 0 Å². The molecule has 0 aliphatic heterocycles. The molecule has 7 heteroatoms. The molecule has 23 heavy (non-hydrogen) atoms. The van der Waals surface area contributed by atoms with Crippen molar-refractivity contribution in [2.45, 2.75) is 0 Å². The summed E-state index contributed by atoms with van der Waals surface area (Å²) < 4.78 is 28.3. The molecule has 120 valence electrons. The number of rotatable bonds is 3. The monoisotopic (exact) mass is 382 g/mol. The maximum absolute atomic E-state index is 14.0. The van der Waals surface area contributed by atoms with Gasteiger partial charge in [-0.05, 0) is 36.4 Å². The molecule has 0 saturated heterocycles. The number of carbonyl (C=O) groups is 2. The Morgan fingerprint density at radius 1 is 1.04 bits per heavy atom. The molecule has 0 aliphatic carbocycles. The van der Waals surface area contributed by atoms with Crippen LogP contribution in [0.2, 0.25) is 0 Å². The van der Waals surface area contributed by atoms with Gasteiger partial charge in [0.05, 0.1) is 11.1 Å². The van der Waals surface area contributed by atoms with Crippen LogP contribution in [0.15, 0.2) is 40.9 Å². The zero-order valence-electron chi connectivity index (χ0n) is 12.4. The smallest absolute Gasteiger partial charge is 0.260 e. The highest BCUT2D eigenvalue weighted by Crippen LogP contribution is 2.22. The first-order chi connectivity index (χ1) is 10.8. The summed E-state index contributed by atoms with van der Waals surface area (Å²) in [5, 5.41) is 2.32. The van der Waals surface area contributed by atoms with Crippen LogP contribution < -0.4 is 10.2 Å². The van der Waals surface area contributed by atoms with Gasteiger partial charge in [0, 0.05) is 24.3 Å². The van der Waals surface area contributed by atoms with Crippen molar-refractivity contribution < 1.29 is 18.4 Å². The highest BCUT2D eigenvalue weighted by atomic mass is 79.9. The third-order valence-corrected chi connectivity index (χ3v) is 3.77. The van der Waals surface area contributed by atoms with E-state index in [0.717, 1.165) is 11.0 Å². The van der Waals surface area contributed by atoms with Crippen LogP contribution >= 0.6 is 15.9 Å². The Kier molecular flexibility index (Phi) is 5.10. The van der Waals surface area contributed by atoms with Crippen LogP contribution in [-0.2, 0) is 0 Å². The number of carbonyl (C=O) groups excluding carboxylic acids is 2. The number of hydrogen-bond donors (Lipinski definition) is 1. The minimum Gasteiger partial charge on any atom is -0.355 e. The normalized spacial score (nSPS) is 10.3. The van der Waals surface area contributed by atoms with E-state index in [2.05, 4.69) is 21.2 Å². The first kappa shape index (κ1) is 17.1. The lowest BCUT2D eigenvalue weighted by Crippen LogP contribution is -2.27. The fourth-order valence-electron chi connectivity index (χ4n) is 1.99. The molecule has 0 aromatic heterocycles. The number of anilines is 1. The Morgan fingerprint density at radius 2 is 1.65 bits per heavy atom. The van der Waals surface area contributed by atoms with Crippen LogP contribution in [0, 0.1) is 11.6 Å². The summed E-state index contributed by atoms with van der Waals surface area (Å²) in [7, 11) is 2.79. The Hall–Kier alpha value is -2.28. The van der Waals surface area contributed by atoms with Gasteiger partial charge >= 0.3 is 0 Å². The van der Waals surface area contributed by atoms with E-state index < -0.39 is 23.4 Å². The van der Waals surface area contributed by atoms with Gasteiger partial charge in [-0.15, -0.1) is 0 Å². The average Bonchev–Trinajstić information content (AvgIpc) is 2.52. The zero-order chi connectivity index (χ0) is 17.1. The van der Waals surface area contributed by atoms with E-state index in [9.17, 15) is 18.4 Å². The molecule has 2 aromatic carbocycles. The van der Waals surface area contributed by atoms with Gasteiger partial charge in [-0.2, -0.15) is 0 Å². The summed E-state index contributed by atoms with van der Waals surface area (Å²) in [4.78, 5) is 24.9. The van der Waals surface area contributed by atoms with Crippen LogP contribution in [0.3, 0.4) is 0 Å². The van der Waals surface area contributed by atoms with Gasteiger partial charge in [0.15, 0.2) is 0 Å². The molecule has 1 N–H and O–H groups in total. The first-order valence-electron chi connectivity index (χ1n) is 6.60. The second-order valence-corrected chi connectivity index (χ2v) is 5.65. The molecule has 0 spiro atoms. The van der Waals surface area contributed by atoms with Crippen molar-refractivity contribution in [1.29, 1.82) is 0 Å². The lowest BCUT2D eigenvalue weighted by molar-refractivity contribution is 0.0958. The van der Waals surface area contributed by atoms with Crippen molar-refractivity contribution in [3.05, 3.63) is 63.6 Å². The van der Waals surface area contributed by atoms with Gasteiger partial charge in [0.2, 0.25) is 0 Å². The molecule has 0 aliphatic rings. The molecule has 0 bridgehead atoms. The van der Waals surface area contributed by atoms with Crippen molar-refractivity contribution in [3.8, 4) is 0 Å². The zero-order valence-corrected chi connectivity index (χ0v) is 13.9. The predicted octanol–water partition coefficient (Wildman–Crippen LogP) is 3.36. The largest absolute Gasteiger partial charge is 0.355 e. The average molecular weight is 383 g/mol. The highest BCUT2D eigenvalue weighted by Gasteiger charge is 2.19. The molecule has 0 atom stereocenters. The van der Waals surface area contributed by atoms with Gasteiger partial charge in [-0.1, -0.05) is 15.9 Å². The first-order valence-corrected chi connectivity index (χ1v) is 7.39. The van der Waals surface area contributed by atoms with E-state index in [1.165, 1.54) is 38.4 Å². The summed E-state index contributed by atoms with van der Waals surface area (Å²) in [5.74, 6) is -2.64. The minimum atomic E-state index is -0.766. The number of nitrogens with zero attached hydrogens (tertiary/aromatic N) is 1. The molecule has 4 nitrogen and oxygen atoms in total. The molecule has 0 unspecified atom stereocenters. The van der Waals surface area contributed by atoms with Crippen molar-refractivity contribution in [1.82, 2.24) is 5.32 Å². The minimum absolute atomic E-state index is 0.132. The van der Waals surface area contributed by atoms with E-state index in [0.29, 0.717) is 4.47 Å². The van der Waals surface area contributed by atoms with Gasteiger partial charge in [0.1, 0.15) is 11.6 Å². The van der Waals surface area contributed by atoms with E-state index >= 15 is 0 Å². The number of amides is 2. The number of nitrogens with one attached hydrogen (secondary N) is 1. The Balaban J connectivity index is 2.33. The van der Waals surface area contributed by atoms with E-state index in [4.69, 9.17) is 0 Å². The Labute approximate surface area is 140 Å². The SMILES string of the molecule is CNC(=O)c1ccc(N(C)C(=O)c2ccc(Br)cc2F)cc1F. The summed E-state index contributed by atoms with van der Waals surface area (Å²) in [5.41, 5.74) is -0.0547. The fourth-order valence-corrected chi connectivity index (χ4v) is 2.33. The number of halogens is 3. The van der Waals surface area contributed by atoms with E-state index in [-0.39, 0.29) is 16.8 Å². The van der Waals surface area contributed by atoms with Crippen molar-refractivity contribution in [2.75, 3.05) is 19.0 Å². The second-order valence-electron chi connectivity index (χ2n) is 4.73.